The second-order valence-corrected chi connectivity index (χ2v) is 4.86. The van der Waals surface area contributed by atoms with Gasteiger partial charge in [-0.3, -0.25) is 4.98 Å². The minimum Gasteiger partial charge on any atom is -0.508 e. The molecular weight excluding hydrogens is 290 g/mol. The van der Waals surface area contributed by atoms with E-state index in [0.29, 0.717) is 0 Å². The molecule has 0 saturated heterocycles. The number of benzene rings is 2. The normalized spacial score (nSPS) is 10.7. The van der Waals surface area contributed by atoms with Gasteiger partial charge in [0, 0.05) is 22.3 Å². The van der Waals surface area contributed by atoms with E-state index in [-0.39, 0.29) is 5.75 Å². The van der Waals surface area contributed by atoms with Gasteiger partial charge in [0.05, 0.1) is 0 Å². The first-order valence-corrected chi connectivity index (χ1v) is 6.36. The molecule has 2 aromatic carbocycles. The van der Waals surface area contributed by atoms with Crippen molar-refractivity contribution in [1.29, 1.82) is 0 Å². The summed E-state index contributed by atoms with van der Waals surface area (Å²) in [5, 5.41) is 11.6. The number of aromatic nitrogens is 1. The van der Waals surface area contributed by atoms with Gasteiger partial charge in [-0.05, 0) is 50.6 Å². The Morgan fingerprint density at radius 3 is 2.50 bits per heavy atom. The summed E-state index contributed by atoms with van der Waals surface area (Å²) in [4.78, 5) is 4.11. The number of rotatable bonds is 1. The number of pyridine rings is 1. The minimum absolute atomic E-state index is 0.278. The van der Waals surface area contributed by atoms with Crippen molar-refractivity contribution in [2.75, 3.05) is 0 Å². The predicted molar refractivity (Wildman–Crippen MR) is 76.5 cm³/mol. The van der Waals surface area contributed by atoms with Crippen molar-refractivity contribution in [3.8, 4) is 16.9 Å². The smallest absolute Gasteiger partial charge is 0.115 e. The molecule has 0 aliphatic carbocycles. The maximum Gasteiger partial charge on any atom is 0.115 e. The van der Waals surface area contributed by atoms with Crippen LogP contribution in [0, 0.1) is 0 Å². The highest BCUT2D eigenvalue weighted by Crippen LogP contribution is 2.34. The van der Waals surface area contributed by atoms with E-state index in [2.05, 4.69) is 33.0 Å². The van der Waals surface area contributed by atoms with Crippen LogP contribution in [0.5, 0.6) is 5.75 Å². The number of phenols is 1. The molecule has 0 saturated carbocycles. The average Bonchev–Trinajstić information content (AvgIpc) is 2.41. The molecule has 18 heavy (non-hydrogen) atoms. The number of halogens is 1. The Hall–Kier alpha value is -1.87. The maximum absolute atomic E-state index is 9.32. The van der Waals surface area contributed by atoms with Gasteiger partial charge in [-0.25, -0.2) is 0 Å². The van der Waals surface area contributed by atoms with Gasteiger partial charge in [-0.2, -0.15) is 0 Å². The number of aromatic hydroxyl groups is 1. The van der Waals surface area contributed by atoms with Gasteiger partial charge in [0.2, 0.25) is 0 Å². The molecule has 0 spiro atoms. The Bertz CT molecular complexity index is 707. The molecule has 1 heterocycles. The highest BCUT2D eigenvalue weighted by atomic mass is 79.9. The average molecular weight is 300 g/mol. The van der Waals surface area contributed by atoms with Crippen molar-refractivity contribution in [3.05, 3.63) is 59.3 Å². The number of nitrogens with zero attached hydrogens (tertiary/aromatic N) is 1. The van der Waals surface area contributed by atoms with Gasteiger partial charge in [0.25, 0.3) is 0 Å². The van der Waals surface area contributed by atoms with Crippen molar-refractivity contribution in [2.24, 2.45) is 0 Å². The minimum atomic E-state index is 0.278. The van der Waals surface area contributed by atoms with E-state index in [1.807, 2.05) is 24.4 Å². The SMILES string of the molecule is Oc1ccc(-c2ccc3cnccc3c2Br)cc1. The van der Waals surface area contributed by atoms with Crippen LogP contribution in [-0.2, 0) is 0 Å². The molecule has 1 aromatic heterocycles. The predicted octanol–water partition coefficient (Wildman–Crippen LogP) is 4.37. The zero-order valence-corrected chi connectivity index (χ0v) is 11.1. The van der Waals surface area contributed by atoms with Crippen LogP contribution in [0.1, 0.15) is 0 Å². The molecule has 3 rings (SSSR count). The lowest BCUT2D eigenvalue weighted by Gasteiger charge is -2.08. The summed E-state index contributed by atoms with van der Waals surface area (Å²) in [6, 6.07) is 13.3. The molecule has 0 aliphatic rings. The molecule has 2 nitrogen and oxygen atoms in total. The Morgan fingerprint density at radius 2 is 1.72 bits per heavy atom. The maximum atomic E-state index is 9.32. The number of hydrogen-bond donors (Lipinski definition) is 1. The lowest BCUT2D eigenvalue weighted by Crippen LogP contribution is -1.83. The topological polar surface area (TPSA) is 33.1 Å². The van der Waals surface area contributed by atoms with Crippen molar-refractivity contribution in [3.63, 3.8) is 0 Å². The van der Waals surface area contributed by atoms with Crippen molar-refractivity contribution in [2.45, 2.75) is 0 Å². The summed E-state index contributed by atoms with van der Waals surface area (Å²) in [5.74, 6) is 0.278. The first-order valence-electron chi connectivity index (χ1n) is 5.57. The van der Waals surface area contributed by atoms with Crippen LogP contribution in [0.3, 0.4) is 0 Å². The van der Waals surface area contributed by atoms with E-state index >= 15 is 0 Å². The molecule has 0 amide bonds. The Balaban J connectivity index is 2.24. The summed E-state index contributed by atoms with van der Waals surface area (Å²) in [7, 11) is 0. The van der Waals surface area contributed by atoms with Gasteiger partial charge >= 0.3 is 0 Å². The highest BCUT2D eigenvalue weighted by molar-refractivity contribution is 9.10. The highest BCUT2D eigenvalue weighted by Gasteiger charge is 2.07. The molecule has 1 N–H and O–H groups in total. The first-order chi connectivity index (χ1) is 8.75. The van der Waals surface area contributed by atoms with Crippen LogP contribution < -0.4 is 0 Å². The number of hydrogen-bond acceptors (Lipinski definition) is 2. The van der Waals surface area contributed by atoms with Crippen LogP contribution in [0.2, 0.25) is 0 Å². The molecule has 3 aromatic rings. The van der Waals surface area contributed by atoms with E-state index in [0.717, 1.165) is 26.4 Å². The molecule has 0 aliphatic heterocycles. The van der Waals surface area contributed by atoms with E-state index in [1.165, 1.54) is 0 Å². The Kier molecular flexibility index (Phi) is 2.76. The quantitative estimate of drug-likeness (QED) is 0.724. The van der Waals surface area contributed by atoms with Crippen molar-refractivity contribution in [1.82, 2.24) is 4.98 Å². The second kappa shape index (κ2) is 4.42. The Morgan fingerprint density at radius 1 is 0.944 bits per heavy atom. The molecule has 0 unspecified atom stereocenters. The van der Waals surface area contributed by atoms with E-state index < -0.39 is 0 Å². The molecule has 0 radical (unpaired) electrons. The lowest BCUT2D eigenvalue weighted by molar-refractivity contribution is 0.475. The largest absolute Gasteiger partial charge is 0.508 e. The van der Waals surface area contributed by atoms with Gasteiger partial charge in [0.15, 0.2) is 0 Å². The van der Waals surface area contributed by atoms with Gasteiger partial charge in [0.1, 0.15) is 5.75 Å². The van der Waals surface area contributed by atoms with Crippen LogP contribution >= 0.6 is 15.9 Å². The molecule has 0 atom stereocenters. The van der Waals surface area contributed by atoms with Gasteiger partial charge < -0.3 is 5.11 Å². The third-order valence-electron chi connectivity index (χ3n) is 2.93. The third kappa shape index (κ3) is 1.87. The fourth-order valence-electron chi connectivity index (χ4n) is 1.99. The zero-order chi connectivity index (χ0) is 12.5. The third-order valence-corrected chi connectivity index (χ3v) is 3.79. The van der Waals surface area contributed by atoms with Crippen molar-refractivity contribution < 1.29 is 5.11 Å². The van der Waals surface area contributed by atoms with E-state index in [1.54, 1.807) is 18.3 Å². The van der Waals surface area contributed by atoms with Gasteiger partial charge in [-0.15, -0.1) is 0 Å². The number of phenolic OH excluding ortho intramolecular Hbond substituents is 1. The van der Waals surface area contributed by atoms with E-state index in [9.17, 15) is 5.11 Å². The second-order valence-electron chi connectivity index (χ2n) is 4.07. The fourth-order valence-corrected chi connectivity index (χ4v) is 2.72. The molecular formula is C15H10BrNO. The summed E-state index contributed by atoms with van der Waals surface area (Å²) < 4.78 is 1.05. The fraction of sp³-hybridized carbons (Fsp3) is 0. The van der Waals surface area contributed by atoms with Gasteiger partial charge in [-0.1, -0.05) is 24.3 Å². The molecule has 3 heteroatoms. The Labute approximate surface area is 113 Å². The summed E-state index contributed by atoms with van der Waals surface area (Å²) >= 11 is 3.65. The number of fused-ring (bicyclic) bond motifs is 1. The lowest BCUT2D eigenvalue weighted by atomic mass is 10.0. The first kappa shape index (κ1) is 11.2. The van der Waals surface area contributed by atoms with Crippen LogP contribution in [0.4, 0.5) is 0 Å². The standard InChI is InChI=1S/C15H10BrNO/c16-15-13(10-1-4-12(18)5-2-10)6-3-11-9-17-8-7-14(11)15/h1-9,18H. The van der Waals surface area contributed by atoms with Crippen molar-refractivity contribution >= 4 is 26.7 Å². The molecule has 0 bridgehead atoms. The van der Waals surface area contributed by atoms with Crippen LogP contribution in [0.15, 0.2) is 59.3 Å². The zero-order valence-electron chi connectivity index (χ0n) is 9.47. The summed E-state index contributed by atoms with van der Waals surface area (Å²) in [6.45, 7) is 0. The molecule has 88 valence electrons. The van der Waals surface area contributed by atoms with Crippen LogP contribution in [-0.4, -0.2) is 10.1 Å². The van der Waals surface area contributed by atoms with E-state index in [4.69, 9.17) is 0 Å². The monoisotopic (exact) mass is 299 g/mol. The summed E-state index contributed by atoms with van der Waals surface area (Å²) in [5.41, 5.74) is 2.17. The van der Waals surface area contributed by atoms with Crippen LogP contribution in [0.25, 0.3) is 21.9 Å². The summed E-state index contributed by atoms with van der Waals surface area (Å²) in [6.07, 6.45) is 3.63. The molecule has 0 fully saturated rings.